The Bertz CT molecular complexity index is 704. The van der Waals surface area contributed by atoms with Crippen LogP contribution in [0.2, 0.25) is 0 Å². The molecule has 1 fully saturated rings. The van der Waals surface area contributed by atoms with E-state index in [0.29, 0.717) is 25.5 Å². The van der Waals surface area contributed by atoms with Crippen LogP contribution in [0.15, 0.2) is 35.3 Å². The van der Waals surface area contributed by atoms with E-state index in [2.05, 4.69) is 15.6 Å². The van der Waals surface area contributed by atoms with Crippen LogP contribution < -0.4 is 10.6 Å². The number of carbonyl (C=O) groups excluding carboxylic acids is 1. The molecule has 0 radical (unpaired) electrons. The average molecular weight is 366 g/mol. The Balaban J connectivity index is 1.72. The SMILES string of the molecule is CN=C(NCCC(=O)NC1CCS(=O)(=O)C1)N(C)Cc1ccccc1. The Morgan fingerprint density at radius 1 is 1.32 bits per heavy atom. The maximum absolute atomic E-state index is 11.9. The first-order valence-corrected chi connectivity index (χ1v) is 10.2. The highest BCUT2D eigenvalue weighted by atomic mass is 32.2. The van der Waals surface area contributed by atoms with Crippen LogP contribution in [0.4, 0.5) is 0 Å². The zero-order valence-corrected chi connectivity index (χ0v) is 15.6. The molecule has 1 aliphatic heterocycles. The molecule has 7 nitrogen and oxygen atoms in total. The van der Waals surface area contributed by atoms with Crippen molar-refractivity contribution >= 4 is 21.7 Å². The van der Waals surface area contributed by atoms with Gasteiger partial charge in [0, 0.05) is 39.6 Å². The molecule has 0 spiro atoms. The lowest BCUT2D eigenvalue weighted by molar-refractivity contribution is -0.121. The summed E-state index contributed by atoms with van der Waals surface area (Å²) in [4.78, 5) is 18.1. The quantitative estimate of drug-likeness (QED) is 0.561. The monoisotopic (exact) mass is 366 g/mol. The number of rotatable bonds is 6. The van der Waals surface area contributed by atoms with Gasteiger partial charge in [-0.2, -0.15) is 0 Å². The van der Waals surface area contributed by atoms with Gasteiger partial charge in [0.15, 0.2) is 15.8 Å². The molecule has 8 heteroatoms. The molecular weight excluding hydrogens is 340 g/mol. The van der Waals surface area contributed by atoms with Gasteiger partial charge in [0.1, 0.15) is 0 Å². The second-order valence-electron chi connectivity index (χ2n) is 6.23. The molecule has 0 aromatic heterocycles. The second-order valence-corrected chi connectivity index (χ2v) is 8.46. The lowest BCUT2D eigenvalue weighted by atomic mass is 10.2. The highest BCUT2D eigenvalue weighted by molar-refractivity contribution is 7.91. The number of amides is 1. The van der Waals surface area contributed by atoms with E-state index in [-0.39, 0.29) is 29.9 Å². The molecule has 1 aromatic carbocycles. The van der Waals surface area contributed by atoms with Crippen molar-refractivity contribution in [2.24, 2.45) is 4.99 Å². The van der Waals surface area contributed by atoms with Gasteiger partial charge in [-0.15, -0.1) is 0 Å². The Morgan fingerprint density at radius 3 is 2.64 bits per heavy atom. The van der Waals surface area contributed by atoms with E-state index in [1.54, 1.807) is 7.05 Å². The molecule has 138 valence electrons. The topological polar surface area (TPSA) is 90.9 Å². The van der Waals surface area contributed by atoms with Gasteiger partial charge in [-0.25, -0.2) is 8.42 Å². The predicted octanol–water partition coefficient (Wildman–Crippen LogP) is 0.387. The van der Waals surface area contributed by atoms with Crippen molar-refractivity contribution in [2.75, 3.05) is 32.1 Å². The summed E-state index contributed by atoms with van der Waals surface area (Å²) >= 11 is 0. The zero-order valence-electron chi connectivity index (χ0n) is 14.7. The summed E-state index contributed by atoms with van der Waals surface area (Å²) in [6.07, 6.45) is 0.776. The number of nitrogens with zero attached hydrogens (tertiary/aromatic N) is 2. The van der Waals surface area contributed by atoms with Crippen molar-refractivity contribution < 1.29 is 13.2 Å². The van der Waals surface area contributed by atoms with Crippen LogP contribution in [-0.4, -0.2) is 63.4 Å². The molecule has 1 aromatic rings. The normalized spacial score (nSPS) is 19.4. The summed E-state index contributed by atoms with van der Waals surface area (Å²) in [5.74, 6) is 0.775. The Labute approximate surface area is 149 Å². The average Bonchev–Trinajstić information content (AvgIpc) is 2.91. The van der Waals surface area contributed by atoms with Gasteiger partial charge in [0.2, 0.25) is 5.91 Å². The van der Waals surface area contributed by atoms with Crippen molar-refractivity contribution in [1.29, 1.82) is 0 Å². The number of carbonyl (C=O) groups is 1. The summed E-state index contributed by atoms with van der Waals surface area (Å²) in [7, 11) is 0.662. The first-order chi connectivity index (χ1) is 11.9. The molecule has 2 N–H and O–H groups in total. The van der Waals surface area contributed by atoms with E-state index < -0.39 is 9.84 Å². The molecule has 2 rings (SSSR count). The molecule has 1 heterocycles. The number of nitrogens with one attached hydrogen (secondary N) is 2. The van der Waals surface area contributed by atoms with Crippen LogP contribution in [0, 0.1) is 0 Å². The van der Waals surface area contributed by atoms with Crippen molar-refractivity contribution in [2.45, 2.75) is 25.4 Å². The van der Waals surface area contributed by atoms with E-state index in [9.17, 15) is 13.2 Å². The summed E-state index contributed by atoms with van der Waals surface area (Å²) < 4.78 is 22.8. The van der Waals surface area contributed by atoms with Crippen LogP contribution in [0.5, 0.6) is 0 Å². The van der Waals surface area contributed by atoms with Crippen LogP contribution >= 0.6 is 0 Å². The fraction of sp³-hybridized carbons (Fsp3) is 0.529. The number of guanidine groups is 1. The molecule has 0 saturated carbocycles. The van der Waals surface area contributed by atoms with Gasteiger partial charge in [0.25, 0.3) is 0 Å². The summed E-state index contributed by atoms with van der Waals surface area (Å²) in [5, 5.41) is 5.94. The maximum Gasteiger partial charge on any atom is 0.222 e. The fourth-order valence-corrected chi connectivity index (χ4v) is 4.49. The maximum atomic E-state index is 11.9. The lowest BCUT2D eigenvalue weighted by Gasteiger charge is -2.22. The van der Waals surface area contributed by atoms with E-state index in [0.717, 1.165) is 0 Å². The van der Waals surface area contributed by atoms with E-state index in [4.69, 9.17) is 0 Å². The highest BCUT2D eigenvalue weighted by Gasteiger charge is 2.28. The number of hydrogen-bond donors (Lipinski definition) is 2. The van der Waals surface area contributed by atoms with Crippen molar-refractivity contribution in [1.82, 2.24) is 15.5 Å². The van der Waals surface area contributed by atoms with Crippen LogP contribution in [0.3, 0.4) is 0 Å². The third-order valence-electron chi connectivity index (χ3n) is 4.07. The van der Waals surface area contributed by atoms with E-state index in [1.165, 1.54) is 5.56 Å². The Morgan fingerprint density at radius 2 is 2.04 bits per heavy atom. The molecule has 0 bridgehead atoms. The number of benzene rings is 1. The second kappa shape index (κ2) is 8.84. The lowest BCUT2D eigenvalue weighted by Crippen LogP contribution is -2.41. The molecule has 1 aliphatic rings. The molecule has 0 aliphatic carbocycles. The minimum absolute atomic E-state index is 0.0493. The molecule has 1 atom stereocenters. The molecule has 1 unspecified atom stereocenters. The summed E-state index contributed by atoms with van der Waals surface area (Å²) in [5.41, 5.74) is 1.17. The number of aliphatic imine (C=N–C) groups is 1. The zero-order chi connectivity index (χ0) is 18.3. The van der Waals surface area contributed by atoms with Crippen molar-refractivity contribution in [3.63, 3.8) is 0 Å². The molecule has 1 amide bonds. The molecule has 1 saturated heterocycles. The van der Waals surface area contributed by atoms with E-state index in [1.807, 2.05) is 42.3 Å². The van der Waals surface area contributed by atoms with Crippen LogP contribution in [-0.2, 0) is 21.2 Å². The van der Waals surface area contributed by atoms with Gasteiger partial charge in [0.05, 0.1) is 11.5 Å². The summed E-state index contributed by atoms with van der Waals surface area (Å²) in [6, 6.07) is 9.81. The Hall–Kier alpha value is -2.09. The first kappa shape index (κ1) is 19.2. The minimum atomic E-state index is -2.98. The van der Waals surface area contributed by atoms with E-state index >= 15 is 0 Å². The number of sulfone groups is 1. The summed E-state index contributed by atoms with van der Waals surface area (Å²) in [6.45, 7) is 1.16. The van der Waals surface area contributed by atoms with Gasteiger partial charge in [-0.3, -0.25) is 9.79 Å². The first-order valence-electron chi connectivity index (χ1n) is 8.35. The van der Waals surface area contributed by atoms with Crippen molar-refractivity contribution in [3.8, 4) is 0 Å². The van der Waals surface area contributed by atoms with Gasteiger partial charge in [-0.1, -0.05) is 30.3 Å². The van der Waals surface area contributed by atoms with Crippen molar-refractivity contribution in [3.05, 3.63) is 35.9 Å². The van der Waals surface area contributed by atoms with Gasteiger partial charge >= 0.3 is 0 Å². The standard InChI is InChI=1S/C17H26N4O3S/c1-18-17(21(2)12-14-6-4-3-5-7-14)19-10-8-16(22)20-15-9-11-25(23,24)13-15/h3-7,15H,8-13H2,1-2H3,(H,18,19)(H,20,22). The van der Waals surface area contributed by atoms with Crippen LogP contribution in [0.1, 0.15) is 18.4 Å². The predicted molar refractivity (Wildman–Crippen MR) is 99.1 cm³/mol. The molecule has 25 heavy (non-hydrogen) atoms. The highest BCUT2D eigenvalue weighted by Crippen LogP contribution is 2.11. The third-order valence-corrected chi connectivity index (χ3v) is 5.84. The third kappa shape index (κ3) is 6.38. The van der Waals surface area contributed by atoms with Gasteiger partial charge in [-0.05, 0) is 12.0 Å². The minimum Gasteiger partial charge on any atom is -0.356 e. The fourth-order valence-electron chi connectivity index (χ4n) is 2.81. The molecular formula is C17H26N4O3S. The van der Waals surface area contributed by atoms with Crippen LogP contribution in [0.25, 0.3) is 0 Å². The number of hydrogen-bond acceptors (Lipinski definition) is 4. The largest absolute Gasteiger partial charge is 0.356 e. The smallest absolute Gasteiger partial charge is 0.222 e. The van der Waals surface area contributed by atoms with Gasteiger partial charge < -0.3 is 15.5 Å². The Kier molecular flexibility index (Phi) is 6.81.